The van der Waals surface area contributed by atoms with Gasteiger partial charge in [0.25, 0.3) is 5.91 Å². The minimum Gasteiger partial charge on any atom is -0.357 e. The SMILES string of the molecule is Cc1cc(C(=O)Nc2ccc(/C(=N/N)NN)cc2)n(Cc2cccc(N3CCCCC3)n2)c1. The predicted molar refractivity (Wildman–Crippen MR) is 131 cm³/mol. The van der Waals surface area contributed by atoms with Gasteiger partial charge in [-0.15, -0.1) is 0 Å². The molecule has 0 bridgehead atoms. The van der Waals surface area contributed by atoms with Crippen molar-refractivity contribution in [1.29, 1.82) is 0 Å². The van der Waals surface area contributed by atoms with Crippen LogP contribution >= 0.6 is 0 Å². The molecule has 0 spiro atoms. The van der Waals surface area contributed by atoms with Gasteiger partial charge in [0.05, 0.1) is 12.2 Å². The zero-order valence-electron chi connectivity index (χ0n) is 18.8. The molecule has 1 fully saturated rings. The number of aromatic nitrogens is 2. The maximum Gasteiger partial charge on any atom is 0.272 e. The van der Waals surface area contributed by atoms with E-state index in [2.05, 4.69) is 26.8 Å². The second-order valence-corrected chi connectivity index (χ2v) is 8.22. The van der Waals surface area contributed by atoms with Crippen LogP contribution in [0.3, 0.4) is 0 Å². The molecule has 1 amide bonds. The van der Waals surface area contributed by atoms with E-state index < -0.39 is 0 Å². The Bertz CT molecular complexity index is 1130. The Morgan fingerprint density at radius 1 is 1.12 bits per heavy atom. The van der Waals surface area contributed by atoms with Crippen molar-refractivity contribution in [3.63, 3.8) is 0 Å². The molecule has 1 aliphatic rings. The Kier molecular flexibility index (Phi) is 6.89. The van der Waals surface area contributed by atoms with Gasteiger partial charge in [0.2, 0.25) is 0 Å². The van der Waals surface area contributed by atoms with Gasteiger partial charge in [0.1, 0.15) is 11.5 Å². The molecule has 172 valence electrons. The van der Waals surface area contributed by atoms with Gasteiger partial charge in [-0.3, -0.25) is 4.79 Å². The molecule has 0 radical (unpaired) electrons. The highest BCUT2D eigenvalue weighted by atomic mass is 16.1. The van der Waals surface area contributed by atoms with E-state index in [1.54, 1.807) is 24.3 Å². The number of carbonyl (C=O) groups excluding carboxylic acids is 1. The van der Waals surface area contributed by atoms with E-state index in [0.29, 0.717) is 23.8 Å². The highest BCUT2D eigenvalue weighted by molar-refractivity contribution is 6.04. The molecule has 9 heteroatoms. The highest BCUT2D eigenvalue weighted by Gasteiger charge is 2.16. The van der Waals surface area contributed by atoms with E-state index >= 15 is 0 Å². The number of benzene rings is 1. The minimum absolute atomic E-state index is 0.187. The van der Waals surface area contributed by atoms with Crippen molar-refractivity contribution in [2.75, 3.05) is 23.3 Å². The summed E-state index contributed by atoms with van der Waals surface area (Å²) in [5.74, 6) is 11.9. The molecule has 0 unspecified atom stereocenters. The lowest BCUT2D eigenvalue weighted by Crippen LogP contribution is -2.32. The lowest BCUT2D eigenvalue weighted by molar-refractivity contribution is 0.101. The van der Waals surface area contributed by atoms with Crippen molar-refractivity contribution in [2.24, 2.45) is 16.8 Å². The van der Waals surface area contributed by atoms with Crippen LogP contribution in [0.1, 0.15) is 46.6 Å². The third kappa shape index (κ3) is 5.32. The topological polar surface area (TPSA) is 127 Å². The summed E-state index contributed by atoms with van der Waals surface area (Å²) in [6.45, 7) is 4.60. The number of amides is 1. The molecule has 3 aromatic rings. The first-order valence-electron chi connectivity index (χ1n) is 11.1. The van der Waals surface area contributed by atoms with E-state index in [4.69, 9.17) is 16.7 Å². The molecule has 0 aliphatic carbocycles. The van der Waals surface area contributed by atoms with Gasteiger partial charge in [-0.25, -0.2) is 10.8 Å². The molecule has 1 aromatic carbocycles. The van der Waals surface area contributed by atoms with Gasteiger partial charge in [-0.05, 0) is 74.2 Å². The lowest BCUT2D eigenvalue weighted by atomic mass is 10.1. The van der Waals surface area contributed by atoms with Gasteiger partial charge in [-0.1, -0.05) is 6.07 Å². The maximum absolute atomic E-state index is 13.0. The second-order valence-electron chi connectivity index (χ2n) is 8.22. The number of hydrazone groups is 1. The fraction of sp³-hybridized carbons (Fsp3) is 0.292. The van der Waals surface area contributed by atoms with Crippen LogP contribution in [0, 0.1) is 6.92 Å². The van der Waals surface area contributed by atoms with Gasteiger partial charge >= 0.3 is 0 Å². The average Bonchev–Trinajstić information content (AvgIpc) is 3.21. The summed E-state index contributed by atoms with van der Waals surface area (Å²) in [6.07, 6.45) is 5.67. The number of hydrogen-bond acceptors (Lipinski definition) is 6. The molecular formula is C24H30N8O. The number of piperidine rings is 1. The minimum atomic E-state index is -0.187. The summed E-state index contributed by atoms with van der Waals surface area (Å²) in [7, 11) is 0. The average molecular weight is 447 g/mol. The first kappa shape index (κ1) is 22.3. The number of hydrazine groups is 1. The van der Waals surface area contributed by atoms with Crippen molar-refractivity contribution in [3.8, 4) is 0 Å². The number of hydrogen-bond donors (Lipinski definition) is 4. The molecular weight excluding hydrogens is 416 g/mol. The summed E-state index contributed by atoms with van der Waals surface area (Å²) in [5.41, 5.74) is 6.34. The zero-order valence-corrected chi connectivity index (χ0v) is 18.8. The van der Waals surface area contributed by atoms with Crippen LogP contribution in [-0.4, -0.2) is 34.4 Å². The van der Waals surface area contributed by atoms with Gasteiger partial charge < -0.3 is 26.1 Å². The molecule has 0 saturated carbocycles. The Morgan fingerprint density at radius 2 is 1.88 bits per heavy atom. The van der Waals surface area contributed by atoms with Crippen molar-refractivity contribution in [2.45, 2.75) is 32.7 Å². The number of amidine groups is 1. The third-order valence-corrected chi connectivity index (χ3v) is 5.75. The van der Waals surface area contributed by atoms with Crippen LogP contribution in [0.15, 0.2) is 59.8 Å². The van der Waals surface area contributed by atoms with Crippen molar-refractivity contribution < 1.29 is 4.79 Å². The Labute approximate surface area is 193 Å². The molecule has 9 nitrogen and oxygen atoms in total. The fourth-order valence-corrected chi connectivity index (χ4v) is 4.11. The first-order valence-corrected chi connectivity index (χ1v) is 11.1. The Hall–Kier alpha value is -3.85. The van der Waals surface area contributed by atoms with E-state index in [1.165, 1.54) is 19.3 Å². The summed E-state index contributed by atoms with van der Waals surface area (Å²) < 4.78 is 1.94. The smallest absolute Gasteiger partial charge is 0.272 e. The van der Waals surface area contributed by atoms with Gasteiger partial charge in [0, 0.05) is 30.5 Å². The molecule has 6 N–H and O–H groups in total. The highest BCUT2D eigenvalue weighted by Crippen LogP contribution is 2.19. The molecule has 1 aliphatic heterocycles. The molecule has 3 heterocycles. The normalized spacial score (nSPS) is 14.2. The summed E-state index contributed by atoms with van der Waals surface area (Å²) in [6, 6.07) is 15.1. The summed E-state index contributed by atoms with van der Waals surface area (Å²) in [4.78, 5) is 20.3. The monoisotopic (exact) mass is 446 g/mol. The first-order chi connectivity index (χ1) is 16.1. The molecule has 33 heavy (non-hydrogen) atoms. The van der Waals surface area contributed by atoms with Crippen LogP contribution < -0.4 is 27.3 Å². The number of rotatable bonds is 6. The van der Waals surface area contributed by atoms with Crippen LogP contribution in [0.25, 0.3) is 0 Å². The van der Waals surface area contributed by atoms with Gasteiger partial charge in [0.15, 0.2) is 5.84 Å². The van der Waals surface area contributed by atoms with E-state index in [1.807, 2.05) is 35.9 Å². The molecule has 4 rings (SSSR count). The number of nitrogens with zero attached hydrogens (tertiary/aromatic N) is 4. The molecule has 0 atom stereocenters. The Balaban J connectivity index is 1.49. The number of aryl methyl sites for hydroxylation is 1. The van der Waals surface area contributed by atoms with Crippen molar-refractivity contribution in [1.82, 2.24) is 15.0 Å². The Morgan fingerprint density at radius 3 is 2.58 bits per heavy atom. The number of nitrogens with one attached hydrogen (secondary N) is 2. The number of nitrogens with two attached hydrogens (primary N) is 2. The van der Waals surface area contributed by atoms with E-state index in [-0.39, 0.29) is 5.91 Å². The van der Waals surface area contributed by atoms with E-state index in [0.717, 1.165) is 35.7 Å². The summed E-state index contributed by atoms with van der Waals surface area (Å²) >= 11 is 0. The third-order valence-electron chi connectivity index (χ3n) is 5.75. The molecule has 2 aromatic heterocycles. The van der Waals surface area contributed by atoms with Crippen LogP contribution in [0.2, 0.25) is 0 Å². The molecule has 1 saturated heterocycles. The van der Waals surface area contributed by atoms with Crippen LogP contribution in [-0.2, 0) is 6.54 Å². The second kappa shape index (κ2) is 10.2. The summed E-state index contributed by atoms with van der Waals surface area (Å²) in [5, 5.41) is 6.54. The van der Waals surface area contributed by atoms with Gasteiger partial charge in [-0.2, -0.15) is 5.10 Å². The number of carbonyl (C=O) groups is 1. The zero-order chi connectivity index (χ0) is 23.2. The number of anilines is 2. The van der Waals surface area contributed by atoms with E-state index in [9.17, 15) is 4.79 Å². The maximum atomic E-state index is 13.0. The lowest BCUT2D eigenvalue weighted by Gasteiger charge is -2.28. The van der Waals surface area contributed by atoms with Crippen LogP contribution in [0.4, 0.5) is 11.5 Å². The largest absolute Gasteiger partial charge is 0.357 e. The fourth-order valence-electron chi connectivity index (χ4n) is 4.11. The standard InChI is InChI=1S/C24H30N8O/c1-17-14-21(24(33)28-19-10-8-18(9-11-19)23(29-25)30-26)32(15-17)16-20-6-5-7-22(27-20)31-12-3-2-4-13-31/h5-11,14-15H,2-4,12-13,16,25-26H2,1H3,(H,28,33)(H,29,30). The van der Waals surface area contributed by atoms with Crippen LogP contribution in [0.5, 0.6) is 0 Å². The quantitative estimate of drug-likeness (QED) is 0.199. The predicted octanol–water partition coefficient (Wildman–Crippen LogP) is 2.57. The van der Waals surface area contributed by atoms with Crippen molar-refractivity contribution in [3.05, 3.63) is 77.2 Å². The van der Waals surface area contributed by atoms with Crippen molar-refractivity contribution >= 4 is 23.2 Å². The number of pyridine rings is 1.